The minimum atomic E-state index is 0.741. The number of hydrogen-bond acceptors (Lipinski definition) is 3. The van der Waals surface area contributed by atoms with E-state index >= 15 is 0 Å². The van der Waals surface area contributed by atoms with Crippen molar-refractivity contribution in [2.24, 2.45) is 7.05 Å². The highest BCUT2D eigenvalue weighted by Crippen LogP contribution is 2.18. The molecular weight excluding hydrogens is 250 g/mol. The van der Waals surface area contributed by atoms with Gasteiger partial charge >= 0.3 is 0 Å². The lowest BCUT2D eigenvalue weighted by molar-refractivity contribution is 0.664. The first kappa shape index (κ1) is 12.9. The number of fused-ring (bicyclic) bond motifs is 1. The smallest absolute Gasteiger partial charge is 0.146 e. The van der Waals surface area contributed by atoms with E-state index in [0.29, 0.717) is 0 Å². The van der Waals surface area contributed by atoms with Gasteiger partial charge < -0.3 is 9.88 Å². The van der Waals surface area contributed by atoms with Gasteiger partial charge in [0.1, 0.15) is 12.2 Å². The van der Waals surface area contributed by atoms with Crippen LogP contribution in [0.4, 0.5) is 0 Å². The third-order valence-electron chi connectivity index (χ3n) is 3.53. The number of hydrogen-bond donors (Lipinski definition) is 1. The van der Waals surface area contributed by atoms with Crippen molar-refractivity contribution in [3.63, 3.8) is 0 Å². The molecule has 0 atom stereocenters. The molecular formula is C15H19N5. The van der Waals surface area contributed by atoms with Crippen LogP contribution < -0.4 is 5.32 Å². The van der Waals surface area contributed by atoms with Crippen molar-refractivity contribution in [1.29, 1.82) is 0 Å². The Morgan fingerprint density at radius 2 is 2.15 bits per heavy atom. The highest BCUT2D eigenvalue weighted by molar-refractivity contribution is 5.80. The van der Waals surface area contributed by atoms with Crippen molar-refractivity contribution in [2.45, 2.75) is 20.0 Å². The average Bonchev–Trinajstić information content (AvgIpc) is 3.04. The van der Waals surface area contributed by atoms with Crippen LogP contribution in [0, 0.1) is 0 Å². The van der Waals surface area contributed by atoms with Gasteiger partial charge in [0.2, 0.25) is 0 Å². The van der Waals surface area contributed by atoms with Crippen LogP contribution >= 0.6 is 0 Å². The van der Waals surface area contributed by atoms with Gasteiger partial charge in [-0.3, -0.25) is 4.68 Å². The van der Waals surface area contributed by atoms with Gasteiger partial charge in [-0.05, 0) is 29.6 Å². The van der Waals surface area contributed by atoms with Crippen molar-refractivity contribution in [1.82, 2.24) is 24.6 Å². The number of aryl methyl sites for hydroxylation is 1. The van der Waals surface area contributed by atoms with Crippen LogP contribution in [-0.2, 0) is 20.1 Å². The third kappa shape index (κ3) is 2.44. The maximum absolute atomic E-state index is 4.29. The van der Waals surface area contributed by atoms with Crippen LogP contribution in [0.2, 0.25) is 0 Å². The third-order valence-corrected chi connectivity index (χ3v) is 3.53. The lowest BCUT2D eigenvalue weighted by Crippen LogP contribution is -2.11. The summed E-state index contributed by atoms with van der Waals surface area (Å²) in [6.45, 7) is 4.75. The van der Waals surface area contributed by atoms with Crippen LogP contribution in [0.3, 0.4) is 0 Å². The van der Waals surface area contributed by atoms with Gasteiger partial charge in [0, 0.05) is 25.3 Å². The van der Waals surface area contributed by atoms with Gasteiger partial charge in [-0.2, -0.15) is 5.10 Å². The Hall–Kier alpha value is -2.14. The molecule has 2 heterocycles. The molecule has 5 nitrogen and oxygen atoms in total. The van der Waals surface area contributed by atoms with Gasteiger partial charge in [-0.15, -0.1) is 0 Å². The molecule has 0 saturated carbocycles. The second kappa shape index (κ2) is 5.46. The summed E-state index contributed by atoms with van der Waals surface area (Å²) in [7, 11) is 1.92. The van der Waals surface area contributed by atoms with Gasteiger partial charge in [0.15, 0.2) is 0 Å². The van der Waals surface area contributed by atoms with Crippen molar-refractivity contribution in [3.8, 4) is 0 Å². The summed E-state index contributed by atoms with van der Waals surface area (Å²) < 4.78 is 4.03. The first-order chi connectivity index (χ1) is 9.78. The van der Waals surface area contributed by atoms with Crippen molar-refractivity contribution < 1.29 is 0 Å². The van der Waals surface area contributed by atoms with Crippen LogP contribution in [0.5, 0.6) is 0 Å². The second-order valence-corrected chi connectivity index (χ2v) is 4.92. The normalized spacial score (nSPS) is 11.3. The molecule has 0 aliphatic carbocycles. The van der Waals surface area contributed by atoms with Gasteiger partial charge in [0.25, 0.3) is 0 Å². The summed E-state index contributed by atoms with van der Waals surface area (Å²) in [5, 5.41) is 8.73. The van der Waals surface area contributed by atoms with Gasteiger partial charge in [0.05, 0.1) is 6.54 Å². The molecule has 5 heteroatoms. The summed E-state index contributed by atoms with van der Waals surface area (Å²) in [5.74, 6) is 0.958. The van der Waals surface area contributed by atoms with Crippen LogP contribution in [-0.4, -0.2) is 25.9 Å². The largest absolute Gasteiger partial charge is 0.340 e. The first-order valence-electron chi connectivity index (χ1n) is 6.89. The molecule has 0 aliphatic rings. The molecule has 3 aromatic rings. The van der Waals surface area contributed by atoms with Crippen LogP contribution in [0.25, 0.3) is 10.9 Å². The molecule has 0 saturated heterocycles. The van der Waals surface area contributed by atoms with Crippen LogP contribution in [0.1, 0.15) is 18.3 Å². The van der Waals surface area contributed by atoms with Crippen molar-refractivity contribution in [2.75, 3.05) is 6.54 Å². The number of aromatic nitrogens is 4. The molecule has 0 spiro atoms. The molecule has 104 valence electrons. The summed E-state index contributed by atoms with van der Waals surface area (Å²) in [4.78, 5) is 4.29. The summed E-state index contributed by atoms with van der Waals surface area (Å²) in [5.41, 5.74) is 2.54. The summed E-state index contributed by atoms with van der Waals surface area (Å²) in [6.07, 6.45) is 3.70. The predicted octanol–water partition coefficient (Wildman–Crippen LogP) is 1.93. The highest BCUT2D eigenvalue weighted by atomic mass is 15.3. The molecule has 20 heavy (non-hydrogen) atoms. The molecule has 0 aliphatic heterocycles. The minimum absolute atomic E-state index is 0.741. The maximum atomic E-state index is 4.29. The van der Waals surface area contributed by atoms with Gasteiger partial charge in [-0.25, -0.2) is 4.98 Å². The highest BCUT2D eigenvalue weighted by Gasteiger charge is 2.06. The van der Waals surface area contributed by atoms with Gasteiger partial charge in [-0.1, -0.05) is 19.1 Å². The molecule has 0 unspecified atom stereocenters. The summed E-state index contributed by atoms with van der Waals surface area (Å²) >= 11 is 0. The fourth-order valence-electron chi connectivity index (χ4n) is 2.36. The molecule has 3 rings (SSSR count). The van der Waals surface area contributed by atoms with E-state index in [2.05, 4.69) is 57.4 Å². The average molecular weight is 269 g/mol. The Morgan fingerprint density at radius 1 is 1.25 bits per heavy atom. The topological polar surface area (TPSA) is 47.7 Å². The van der Waals surface area contributed by atoms with Crippen molar-refractivity contribution >= 4 is 10.9 Å². The lowest BCUT2D eigenvalue weighted by Gasteiger charge is -2.07. The Bertz CT molecular complexity index is 710. The zero-order valence-electron chi connectivity index (χ0n) is 11.9. The van der Waals surface area contributed by atoms with E-state index in [-0.39, 0.29) is 0 Å². The zero-order chi connectivity index (χ0) is 13.9. The molecule has 0 fully saturated rings. The second-order valence-electron chi connectivity index (χ2n) is 4.92. The van der Waals surface area contributed by atoms with E-state index in [1.807, 2.05) is 11.7 Å². The Morgan fingerprint density at radius 3 is 2.90 bits per heavy atom. The monoisotopic (exact) mass is 269 g/mol. The molecule has 0 amide bonds. The Kier molecular flexibility index (Phi) is 3.52. The maximum Gasteiger partial charge on any atom is 0.146 e. The molecule has 2 aromatic heterocycles. The van der Waals surface area contributed by atoms with E-state index < -0.39 is 0 Å². The van der Waals surface area contributed by atoms with Crippen LogP contribution in [0.15, 0.2) is 36.8 Å². The number of nitrogens with one attached hydrogen (secondary N) is 1. The SMILES string of the molecule is CCNCc1ccc2ccn(Cc3ncnn3C)c2c1. The van der Waals surface area contributed by atoms with E-state index in [1.165, 1.54) is 16.5 Å². The molecule has 1 aromatic carbocycles. The zero-order valence-corrected chi connectivity index (χ0v) is 11.9. The number of rotatable bonds is 5. The minimum Gasteiger partial charge on any atom is -0.340 e. The lowest BCUT2D eigenvalue weighted by atomic mass is 10.1. The Labute approximate surface area is 118 Å². The fourth-order valence-corrected chi connectivity index (χ4v) is 2.36. The number of nitrogens with zero attached hydrogens (tertiary/aromatic N) is 4. The van der Waals surface area contributed by atoms with E-state index in [1.54, 1.807) is 6.33 Å². The number of benzene rings is 1. The molecule has 0 radical (unpaired) electrons. The van der Waals surface area contributed by atoms with Crippen molar-refractivity contribution in [3.05, 3.63) is 48.2 Å². The van der Waals surface area contributed by atoms with E-state index in [0.717, 1.165) is 25.5 Å². The standard InChI is InChI=1S/C15H19N5/c1-3-16-9-12-4-5-13-6-7-20(14(13)8-12)10-15-17-11-18-19(15)2/h4-8,11,16H,3,9-10H2,1-2H3. The van der Waals surface area contributed by atoms with E-state index in [9.17, 15) is 0 Å². The quantitative estimate of drug-likeness (QED) is 0.770. The molecule has 0 bridgehead atoms. The Balaban J connectivity index is 1.92. The fraction of sp³-hybridized carbons (Fsp3) is 0.333. The summed E-state index contributed by atoms with van der Waals surface area (Å²) in [6, 6.07) is 8.74. The predicted molar refractivity (Wildman–Crippen MR) is 79.4 cm³/mol. The first-order valence-corrected chi connectivity index (χ1v) is 6.89. The molecule has 1 N–H and O–H groups in total. The van der Waals surface area contributed by atoms with E-state index in [4.69, 9.17) is 0 Å².